The van der Waals surface area contributed by atoms with E-state index in [-0.39, 0.29) is 5.91 Å². The highest BCUT2D eigenvalue weighted by molar-refractivity contribution is 7.16. The SMILES string of the molecule is CC(NC(=O)Nc1ncc(C#N)s1)C(=O)N1CCOCC1. The summed E-state index contributed by atoms with van der Waals surface area (Å²) in [4.78, 5) is 29.8. The van der Waals surface area contributed by atoms with Gasteiger partial charge in [-0.25, -0.2) is 9.78 Å². The van der Waals surface area contributed by atoms with Crippen LogP contribution in [0.4, 0.5) is 9.93 Å². The van der Waals surface area contributed by atoms with Crippen LogP contribution in [0.3, 0.4) is 0 Å². The van der Waals surface area contributed by atoms with Crippen molar-refractivity contribution in [1.29, 1.82) is 5.26 Å². The van der Waals surface area contributed by atoms with Crippen LogP contribution < -0.4 is 10.6 Å². The van der Waals surface area contributed by atoms with Crippen LogP contribution in [0, 0.1) is 11.3 Å². The quantitative estimate of drug-likeness (QED) is 0.839. The van der Waals surface area contributed by atoms with Crippen molar-refractivity contribution >= 4 is 28.4 Å². The molecule has 1 aliphatic rings. The van der Waals surface area contributed by atoms with Gasteiger partial charge in [-0.3, -0.25) is 10.1 Å². The van der Waals surface area contributed by atoms with Crippen LogP contribution in [0.2, 0.25) is 0 Å². The number of nitriles is 1. The number of morpholine rings is 1. The molecule has 2 rings (SSSR count). The second kappa shape index (κ2) is 7.01. The second-order valence-electron chi connectivity index (χ2n) is 4.40. The number of nitrogens with one attached hydrogen (secondary N) is 2. The first-order valence-electron chi connectivity index (χ1n) is 6.40. The first-order chi connectivity index (χ1) is 10.1. The van der Waals surface area contributed by atoms with E-state index in [1.807, 2.05) is 6.07 Å². The summed E-state index contributed by atoms with van der Waals surface area (Å²) in [5, 5.41) is 14.0. The number of hydrogen-bond donors (Lipinski definition) is 2. The van der Waals surface area contributed by atoms with E-state index in [0.717, 1.165) is 11.3 Å². The fraction of sp³-hybridized carbons (Fsp3) is 0.500. The summed E-state index contributed by atoms with van der Waals surface area (Å²) >= 11 is 1.07. The zero-order chi connectivity index (χ0) is 15.2. The molecule has 1 aromatic rings. The molecule has 1 unspecified atom stereocenters. The zero-order valence-electron chi connectivity index (χ0n) is 11.5. The highest BCUT2D eigenvalue weighted by Crippen LogP contribution is 2.16. The number of urea groups is 1. The van der Waals surface area contributed by atoms with E-state index < -0.39 is 12.1 Å². The molecular formula is C12H15N5O3S. The van der Waals surface area contributed by atoms with Gasteiger partial charge in [0.15, 0.2) is 5.13 Å². The molecule has 0 aliphatic carbocycles. The first-order valence-corrected chi connectivity index (χ1v) is 7.22. The first kappa shape index (κ1) is 15.2. The summed E-state index contributed by atoms with van der Waals surface area (Å²) in [6.45, 7) is 3.72. The predicted octanol–water partition coefficient (Wildman–Crippen LogP) is 0.384. The van der Waals surface area contributed by atoms with E-state index in [1.165, 1.54) is 6.20 Å². The van der Waals surface area contributed by atoms with Crippen LogP contribution in [-0.2, 0) is 9.53 Å². The molecule has 9 heteroatoms. The number of carbonyl (C=O) groups excluding carboxylic acids is 2. The Kier molecular flexibility index (Phi) is 5.08. The number of hydrogen-bond acceptors (Lipinski definition) is 6. The Morgan fingerprint density at radius 2 is 2.24 bits per heavy atom. The monoisotopic (exact) mass is 309 g/mol. The van der Waals surface area contributed by atoms with E-state index in [0.29, 0.717) is 36.3 Å². The molecule has 0 bridgehead atoms. The summed E-state index contributed by atoms with van der Waals surface area (Å²) < 4.78 is 5.18. The summed E-state index contributed by atoms with van der Waals surface area (Å²) in [6.07, 6.45) is 1.38. The number of anilines is 1. The van der Waals surface area contributed by atoms with Crippen LogP contribution in [0.1, 0.15) is 11.8 Å². The molecule has 1 saturated heterocycles. The highest BCUT2D eigenvalue weighted by atomic mass is 32.1. The lowest BCUT2D eigenvalue weighted by molar-refractivity contribution is -0.136. The highest BCUT2D eigenvalue weighted by Gasteiger charge is 2.23. The molecule has 21 heavy (non-hydrogen) atoms. The van der Waals surface area contributed by atoms with Gasteiger partial charge in [-0.05, 0) is 6.92 Å². The van der Waals surface area contributed by atoms with Crippen molar-refractivity contribution in [3.63, 3.8) is 0 Å². The van der Waals surface area contributed by atoms with E-state index in [1.54, 1.807) is 11.8 Å². The van der Waals surface area contributed by atoms with Crippen molar-refractivity contribution < 1.29 is 14.3 Å². The van der Waals surface area contributed by atoms with E-state index in [9.17, 15) is 9.59 Å². The average molecular weight is 309 g/mol. The molecule has 0 saturated carbocycles. The van der Waals surface area contributed by atoms with Gasteiger partial charge in [0.05, 0.1) is 19.4 Å². The number of aromatic nitrogens is 1. The molecule has 0 aromatic carbocycles. The molecule has 0 radical (unpaired) electrons. The Balaban J connectivity index is 1.83. The van der Waals surface area contributed by atoms with Gasteiger partial charge in [0.25, 0.3) is 0 Å². The fourth-order valence-electron chi connectivity index (χ4n) is 1.83. The Hall–Kier alpha value is -2.18. The molecule has 2 N–H and O–H groups in total. The summed E-state index contributed by atoms with van der Waals surface area (Å²) in [6, 6.07) is 0.769. The van der Waals surface area contributed by atoms with Gasteiger partial charge in [0.1, 0.15) is 17.0 Å². The van der Waals surface area contributed by atoms with Crippen LogP contribution >= 0.6 is 11.3 Å². The van der Waals surface area contributed by atoms with Crippen molar-refractivity contribution in [2.24, 2.45) is 0 Å². The van der Waals surface area contributed by atoms with Crippen LogP contribution in [0.15, 0.2) is 6.20 Å². The van der Waals surface area contributed by atoms with Crippen molar-refractivity contribution in [2.45, 2.75) is 13.0 Å². The predicted molar refractivity (Wildman–Crippen MR) is 75.8 cm³/mol. The van der Waals surface area contributed by atoms with Crippen LogP contribution in [-0.4, -0.2) is 54.2 Å². The maximum absolute atomic E-state index is 12.1. The molecule has 0 spiro atoms. The molecule has 2 heterocycles. The van der Waals surface area contributed by atoms with E-state index in [4.69, 9.17) is 10.00 Å². The van der Waals surface area contributed by atoms with Crippen LogP contribution in [0.5, 0.6) is 0 Å². The maximum Gasteiger partial charge on any atom is 0.321 e. The fourth-order valence-corrected chi connectivity index (χ4v) is 2.44. The maximum atomic E-state index is 12.1. The van der Waals surface area contributed by atoms with Crippen molar-refractivity contribution in [1.82, 2.24) is 15.2 Å². The van der Waals surface area contributed by atoms with E-state index >= 15 is 0 Å². The lowest BCUT2D eigenvalue weighted by Gasteiger charge is -2.29. The molecule has 3 amide bonds. The number of ether oxygens (including phenoxy) is 1. The van der Waals surface area contributed by atoms with Crippen LogP contribution in [0.25, 0.3) is 0 Å². The third-order valence-electron chi connectivity index (χ3n) is 2.88. The number of rotatable bonds is 3. The van der Waals surface area contributed by atoms with Gasteiger partial charge < -0.3 is 15.0 Å². The third-order valence-corrected chi connectivity index (χ3v) is 3.69. The molecule has 112 valence electrons. The minimum Gasteiger partial charge on any atom is -0.378 e. The average Bonchev–Trinajstić information content (AvgIpc) is 2.94. The normalized spacial score (nSPS) is 15.9. The third kappa shape index (κ3) is 4.14. The Labute approximate surface area is 125 Å². The Bertz CT molecular complexity index is 561. The minimum absolute atomic E-state index is 0.148. The molecule has 1 aliphatic heterocycles. The zero-order valence-corrected chi connectivity index (χ0v) is 12.3. The van der Waals surface area contributed by atoms with Gasteiger partial charge in [-0.15, -0.1) is 0 Å². The molecular weight excluding hydrogens is 294 g/mol. The molecule has 1 atom stereocenters. The lowest BCUT2D eigenvalue weighted by atomic mass is 10.2. The standard InChI is InChI=1S/C12H15N5O3S/c1-8(10(18)17-2-4-20-5-3-17)15-11(19)16-12-14-7-9(6-13)21-12/h7-8H,2-5H2,1H3,(H2,14,15,16,19). The van der Waals surface area contributed by atoms with Gasteiger partial charge in [-0.2, -0.15) is 5.26 Å². The van der Waals surface area contributed by atoms with Crippen molar-refractivity contribution in [2.75, 3.05) is 31.6 Å². The number of carbonyl (C=O) groups is 2. The van der Waals surface area contributed by atoms with Gasteiger partial charge in [-0.1, -0.05) is 11.3 Å². The molecule has 8 nitrogen and oxygen atoms in total. The summed E-state index contributed by atoms with van der Waals surface area (Å²) in [7, 11) is 0. The van der Waals surface area contributed by atoms with Gasteiger partial charge >= 0.3 is 6.03 Å². The lowest BCUT2D eigenvalue weighted by Crippen LogP contribution is -2.51. The molecule has 1 aromatic heterocycles. The number of nitrogens with zero attached hydrogens (tertiary/aromatic N) is 3. The van der Waals surface area contributed by atoms with Gasteiger partial charge in [0.2, 0.25) is 5.91 Å². The summed E-state index contributed by atoms with van der Waals surface area (Å²) in [5.41, 5.74) is 0. The van der Waals surface area contributed by atoms with Crippen molar-refractivity contribution in [3.05, 3.63) is 11.1 Å². The second-order valence-corrected chi connectivity index (χ2v) is 5.43. The Morgan fingerprint density at radius 1 is 1.52 bits per heavy atom. The Morgan fingerprint density at radius 3 is 2.86 bits per heavy atom. The smallest absolute Gasteiger partial charge is 0.321 e. The molecule has 1 fully saturated rings. The minimum atomic E-state index is -0.640. The summed E-state index contributed by atoms with van der Waals surface area (Å²) in [5.74, 6) is -0.148. The van der Waals surface area contributed by atoms with E-state index in [2.05, 4.69) is 15.6 Å². The largest absolute Gasteiger partial charge is 0.378 e. The number of amides is 3. The topological polar surface area (TPSA) is 107 Å². The number of thiazole rings is 1. The van der Waals surface area contributed by atoms with Crippen molar-refractivity contribution in [3.8, 4) is 6.07 Å². The van der Waals surface area contributed by atoms with Gasteiger partial charge in [0, 0.05) is 13.1 Å².